The van der Waals surface area contributed by atoms with E-state index in [1.165, 1.54) is 0 Å². The average molecular weight is 338 g/mol. The fourth-order valence-electron chi connectivity index (χ4n) is 3.43. The van der Waals surface area contributed by atoms with Gasteiger partial charge in [0.05, 0.1) is 25.2 Å². The van der Waals surface area contributed by atoms with E-state index in [-0.39, 0.29) is 18.1 Å². The highest BCUT2D eigenvalue weighted by Gasteiger charge is 2.30. The van der Waals surface area contributed by atoms with Gasteiger partial charge in [0.25, 0.3) is 0 Å². The Morgan fingerprint density at radius 2 is 2.04 bits per heavy atom. The molecular weight excluding hydrogens is 314 g/mol. The second-order valence-electron chi connectivity index (χ2n) is 6.20. The van der Waals surface area contributed by atoms with Crippen molar-refractivity contribution in [3.8, 4) is 0 Å². The maximum Gasteiger partial charge on any atom is 0.225 e. The van der Waals surface area contributed by atoms with E-state index in [4.69, 9.17) is 21.1 Å². The summed E-state index contributed by atoms with van der Waals surface area (Å²) in [5, 5.41) is 0.746. The predicted octanol–water partition coefficient (Wildman–Crippen LogP) is 3.59. The molecule has 3 rings (SSSR count). The zero-order valence-corrected chi connectivity index (χ0v) is 14.1. The molecule has 0 radical (unpaired) electrons. The maximum absolute atomic E-state index is 12.6. The van der Waals surface area contributed by atoms with Crippen LogP contribution in [-0.2, 0) is 14.3 Å². The Kier molecular flexibility index (Phi) is 5.92. The summed E-state index contributed by atoms with van der Waals surface area (Å²) in [5.74, 6) is 0.166. The average Bonchev–Trinajstić information content (AvgIpc) is 3.06. The number of benzene rings is 1. The van der Waals surface area contributed by atoms with Crippen LogP contribution in [-0.4, -0.2) is 43.3 Å². The molecular formula is C18H24ClNO3. The molecule has 1 aromatic rings. The number of hydrogen-bond donors (Lipinski definition) is 0. The lowest BCUT2D eigenvalue weighted by Gasteiger charge is -2.27. The molecule has 1 amide bonds. The van der Waals surface area contributed by atoms with Gasteiger partial charge in [-0.25, -0.2) is 0 Å². The Hall–Kier alpha value is -1.10. The van der Waals surface area contributed by atoms with Gasteiger partial charge in [-0.1, -0.05) is 29.8 Å². The van der Waals surface area contributed by atoms with E-state index in [2.05, 4.69) is 0 Å². The van der Waals surface area contributed by atoms with Gasteiger partial charge in [-0.05, 0) is 37.3 Å². The van der Waals surface area contributed by atoms with Crippen LogP contribution in [0.4, 0.5) is 0 Å². The number of carbonyl (C=O) groups is 1. The summed E-state index contributed by atoms with van der Waals surface area (Å²) in [6, 6.07) is 7.94. The van der Waals surface area contributed by atoms with Gasteiger partial charge in [0, 0.05) is 24.8 Å². The van der Waals surface area contributed by atoms with Gasteiger partial charge in [0.2, 0.25) is 5.91 Å². The predicted molar refractivity (Wildman–Crippen MR) is 89.6 cm³/mol. The molecule has 1 aromatic carbocycles. The van der Waals surface area contributed by atoms with Crippen LogP contribution in [0.2, 0.25) is 5.02 Å². The van der Waals surface area contributed by atoms with Gasteiger partial charge in [-0.2, -0.15) is 0 Å². The Morgan fingerprint density at radius 1 is 1.26 bits per heavy atom. The first-order chi connectivity index (χ1) is 11.3. The first-order valence-electron chi connectivity index (χ1n) is 8.49. The van der Waals surface area contributed by atoms with Crippen molar-refractivity contribution in [1.82, 2.24) is 4.90 Å². The van der Waals surface area contributed by atoms with Crippen molar-refractivity contribution in [2.75, 3.05) is 26.4 Å². The van der Waals surface area contributed by atoms with Crippen molar-refractivity contribution in [2.45, 2.75) is 44.2 Å². The molecule has 2 aliphatic heterocycles. The molecule has 2 saturated heterocycles. The van der Waals surface area contributed by atoms with Gasteiger partial charge in [-0.3, -0.25) is 4.79 Å². The largest absolute Gasteiger partial charge is 0.381 e. The number of hydrogen-bond acceptors (Lipinski definition) is 3. The van der Waals surface area contributed by atoms with E-state index >= 15 is 0 Å². The molecule has 4 nitrogen and oxygen atoms in total. The molecule has 0 bridgehead atoms. The number of halogens is 1. The molecule has 0 saturated carbocycles. The summed E-state index contributed by atoms with van der Waals surface area (Å²) in [5.41, 5.74) is 1.06. The van der Waals surface area contributed by atoms with E-state index in [0.717, 1.165) is 56.0 Å². The van der Waals surface area contributed by atoms with Crippen LogP contribution in [0, 0.1) is 0 Å². The van der Waals surface area contributed by atoms with E-state index < -0.39 is 0 Å². The molecule has 2 heterocycles. The Labute approximate surface area is 142 Å². The normalized spacial score (nSPS) is 22.5. The monoisotopic (exact) mass is 337 g/mol. The highest BCUT2D eigenvalue weighted by atomic mass is 35.5. The minimum atomic E-state index is 0.110. The molecule has 1 atom stereocenters. The number of rotatable bonds is 5. The number of likely N-dealkylation sites (tertiary alicyclic amines) is 1. The molecule has 0 N–H and O–H groups in total. The van der Waals surface area contributed by atoms with Crippen LogP contribution in [0.1, 0.15) is 43.7 Å². The first kappa shape index (κ1) is 16.7. The van der Waals surface area contributed by atoms with E-state index in [1.807, 2.05) is 29.2 Å². The van der Waals surface area contributed by atoms with Crippen LogP contribution in [0.3, 0.4) is 0 Å². The van der Waals surface area contributed by atoms with Crippen molar-refractivity contribution in [3.63, 3.8) is 0 Å². The minimum absolute atomic E-state index is 0.110. The number of nitrogens with zero attached hydrogens (tertiary/aromatic N) is 1. The Balaban J connectivity index is 1.53. The number of amides is 1. The number of ether oxygens (including phenoxy) is 2. The maximum atomic E-state index is 12.6. The topological polar surface area (TPSA) is 38.8 Å². The zero-order chi connectivity index (χ0) is 16.1. The molecule has 0 aromatic heterocycles. The van der Waals surface area contributed by atoms with Gasteiger partial charge in [-0.15, -0.1) is 0 Å². The lowest BCUT2D eigenvalue weighted by atomic mass is 10.0. The highest BCUT2D eigenvalue weighted by molar-refractivity contribution is 6.31. The second kappa shape index (κ2) is 8.13. The number of carbonyl (C=O) groups excluding carboxylic acids is 1. The van der Waals surface area contributed by atoms with Crippen molar-refractivity contribution in [2.24, 2.45) is 0 Å². The molecule has 2 aliphatic rings. The van der Waals surface area contributed by atoms with E-state index in [0.29, 0.717) is 13.0 Å². The van der Waals surface area contributed by atoms with Crippen LogP contribution < -0.4 is 0 Å². The minimum Gasteiger partial charge on any atom is -0.381 e. The Bertz CT molecular complexity index is 531. The smallest absolute Gasteiger partial charge is 0.225 e. The van der Waals surface area contributed by atoms with Crippen molar-refractivity contribution >= 4 is 17.5 Å². The molecule has 0 spiro atoms. The van der Waals surface area contributed by atoms with Crippen LogP contribution in [0.25, 0.3) is 0 Å². The lowest BCUT2D eigenvalue weighted by molar-refractivity contribution is -0.134. The van der Waals surface area contributed by atoms with E-state index in [1.54, 1.807) is 0 Å². The summed E-state index contributed by atoms with van der Waals surface area (Å²) >= 11 is 6.31. The molecule has 23 heavy (non-hydrogen) atoms. The van der Waals surface area contributed by atoms with Gasteiger partial charge in [0.15, 0.2) is 0 Å². The fourth-order valence-corrected chi connectivity index (χ4v) is 3.69. The van der Waals surface area contributed by atoms with Crippen molar-refractivity contribution in [1.29, 1.82) is 0 Å². The van der Waals surface area contributed by atoms with Crippen LogP contribution in [0.15, 0.2) is 24.3 Å². The second-order valence-corrected chi connectivity index (χ2v) is 6.61. The molecule has 126 valence electrons. The zero-order valence-electron chi connectivity index (χ0n) is 13.4. The SMILES string of the molecule is O=C(CCOC1CCOCC1)N1CCC[C@@H]1c1ccccc1Cl. The third-order valence-electron chi connectivity index (χ3n) is 4.68. The quantitative estimate of drug-likeness (QED) is 0.824. The standard InChI is InChI=1S/C18H24ClNO3/c19-16-5-2-1-4-15(16)17-6-3-10-20(17)18(21)9-13-23-14-7-11-22-12-8-14/h1-2,4-5,14,17H,3,6-13H2/t17-/m1/s1. The molecule has 0 aliphatic carbocycles. The fraction of sp³-hybridized carbons (Fsp3) is 0.611. The van der Waals surface area contributed by atoms with Crippen molar-refractivity contribution in [3.05, 3.63) is 34.9 Å². The summed E-state index contributed by atoms with van der Waals surface area (Å²) < 4.78 is 11.1. The van der Waals surface area contributed by atoms with Crippen LogP contribution in [0.5, 0.6) is 0 Å². The van der Waals surface area contributed by atoms with Gasteiger partial charge in [0.1, 0.15) is 0 Å². The summed E-state index contributed by atoms with van der Waals surface area (Å²) in [6.07, 6.45) is 4.56. The third-order valence-corrected chi connectivity index (χ3v) is 5.02. The molecule has 0 unspecified atom stereocenters. The third kappa shape index (κ3) is 4.25. The highest BCUT2D eigenvalue weighted by Crippen LogP contribution is 2.35. The van der Waals surface area contributed by atoms with Gasteiger partial charge >= 0.3 is 0 Å². The molecule has 5 heteroatoms. The van der Waals surface area contributed by atoms with Crippen molar-refractivity contribution < 1.29 is 14.3 Å². The van der Waals surface area contributed by atoms with E-state index in [9.17, 15) is 4.79 Å². The summed E-state index contributed by atoms with van der Waals surface area (Å²) in [6.45, 7) is 2.83. The molecule has 2 fully saturated rings. The lowest BCUT2D eigenvalue weighted by Crippen LogP contribution is -2.32. The summed E-state index contributed by atoms with van der Waals surface area (Å²) in [4.78, 5) is 14.5. The van der Waals surface area contributed by atoms with Gasteiger partial charge < -0.3 is 14.4 Å². The Morgan fingerprint density at radius 3 is 2.83 bits per heavy atom. The first-order valence-corrected chi connectivity index (χ1v) is 8.87. The van der Waals surface area contributed by atoms with Crippen LogP contribution >= 0.6 is 11.6 Å². The summed E-state index contributed by atoms with van der Waals surface area (Å²) in [7, 11) is 0.